The molecule has 14 nitrogen and oxygen atoms in total. The summed E-state index contributed by atoms with van der Waals surface area (Å²) in [4.78, 5) is 61.7. The van der Waals surface area contributed by atoms with Gasteiger partial charge in [-0.15, -0.1) is 23.1 Å². The van der Waals surface area contributed by atoms with E-state index in [-0.39, 0.29) is 64.2 Å². The van der Waals surface area contributed by atoms with Crippen LogP contribution in [0.25, 0.3) is 0 Å². The number of fused-ring (bicyclic) bond motifs is 1. The van der Waals surface area contributed by atoms with Crippen LogP contribution in [0.15, 0.2) is 37.6 Å². The SMILES string of the molecule is CCOC(=O)CO/N=C(/C([O-])=N[C@@H]1C(=O)N2C(C(=O)O)=C(S/C=C\C(=O)OC)CS[C@H]12)c1csc(N)n1.[Na+]. The fraction of sp³-hybridized carbons (Fsp3) is 0.350. The van der Waals surface area contributed by atoms with E-state index in [1.54, 1.807) is 6.92 Å². The zero-order valence-electron chi connectivity index (χ0n) is 20.3. The summed E-state index contributed by atoms with van der Waals surface area (Å²) >= 11 is 3.19. The van der Waals surface area contributed by atoms with Crippen LogP contribution in [0.4, 0.5) is 5.13 Å². The molecule has 0 bridgehead atoms. The molecule has 1 saturated heterocycles. The number of hydrogen-bond donors (Lipinski definition) is 2. The Balaban J connectivity index is 0.00000507. The first kappa shape index (κ1) is 31.6. The molecule has 18 heteroatoms. The van der Waals surface area contributed by atoms with Crippen LogP contribution >= 0.6 is 34.9 Å². The molecule has 2 atom stereocenters. The zero-order valence-corrected chi connectivity index (χ0v) is 24.8. The van der Waals surface area contributed by atoms with Gasteiger partial charge in [0.1, 0.15) is 22.5 Å². The molecule has 0 spiro atoms. The number of carbonyl (C=O) groups excluding carboxylic acids is 3. The van der Waals surface area contributed by atoms with E-state index in [0.717, 1.165) is 34.1 Å². The summed E-state index contributed by atoms with van der Waals surface area (Å²) in [6, 6.07) is -1.18. The molecule has 2 aliphatic rings. The molecule has 198 valence electrons. The number of esters is 2. The average molecular weight is 594 g/mol. The molecular formula is C20H20N5NaO9S3. The number of methoxy groups -OCH3 is 1. The quantitative estimate of drug-likeness (QED) is 0.0493. The number of amides is 1. The summed E-state index contributed by atoms with van der Waals surface area (Å²) in [5.74, 6) is -4.14. The van der Waals surface area contributed by atoms with Crippen molar-refractivity contribution in [3.8, 4) is 0 Å². The van der Waals surface area contributed by atoms with Crippen molar-refractivity contribution in [3.63, 3.8) is 0 Å². The molecule has 0 radical (unpaired) electrons. The van der Waals surface area contributed by atoms with Crippen molar-refractivity contribution in [1.82, 2.24) is 9.88 Å². The first-order valence-electron chi connectivity index (χ1n) is 10.3. The van der Waals surface area contributed by atoms with Crippen molar-refractivity contribution in [2.75, 3.05) is 31.8 Å². The van der Waals surface area contributed by atoms with Crippen LogP contribution in [-0.2, 0) is 33.5 Å². The van der Waals surface area contributed by atoms with Gasteiger partial charge in [0.25, 0.3) is 5.91 Å². The Morgan fingerprint density at radius 2 is 2.16 bits per heavy atom. The maximum atomic E-state index is 13.0. The Labute approximate surface area is 250 Å². The first-order valence-corrected chi connectivity index (χ1v) is 13.1. The number of anilines is 1. The molecule has 0 unspecified atom stereocenters. The van der Waals surface area contributed by atoms with Crippen LogP contribution in [0.3, 0.4) is 0 Å². The van der Waals surface area contributed by atoms with E-state index in [1.807, 2.05) is 0 Å². The molecule has 0 aromatic carbocycles. The summed E-state index contributed by atoms with van der Waals surface area (Å²) in [5, 5.41) is 28.5. The van der Waals surface area contributed by atoms with Crippen LogP contribution in [0.2, 0.25) is 0 Å². The molecule has 38 heavy (non-hydrogen) atoms. The van der Waals surface area contributed by atoms with E-state index >= 15 is 0 Å². The molecule has 2 aliphatic heterocycles. The number of hydrogen-bond acceptors (Lipinski definition) is 15. The zero-order chi connectivity index (χ0) is 27.1. The Bertz CT molecular complexity index is 1220. The van der Waals surface area contributed by atoms with E-state index in [9.17, 15) is 29.4 Å². The predicted octanol–water partition coefficient (Wildman–Crippen LogP) is -3.23. The Kier molecular flexibility index (Phi) is 12.1. The molecule has 0 saturated carbocycles. The summed E-state index contributed by atoms with van der Waals surface area (Å²) in [6.07, 6.45) is 1.12. The number of nitrogens with two attached hydrogens (primary N) is 1. The van der Waals surface area contributed by atoms with Gasteiger partial charge in [0.15, 0.2) is 11.2 Å². The first-order chi connectivity index (χ1) is 17.7. The second-order valence-electron chi connectivity index (χ2n) is 6.90. The van der Waals surface area contributed by atoms with Gasteiger partial charge in [0, 0.05) is 28.0 Å². The number of thioether (sulfide) groups is 2. The topological polar surface area (TPSA) is 206 Å². The third kappa shape index (κ3) is 7.51. The Morgan fingerprint density at radius 1 is 1.42 bits per heavy atom. The number of rotatable bonds is 11. The van der Waals surface area contributed by atoms with Gasteiger partial charge in [-0.1, -0.05) is 16.9 Å². The minimum Gasteiger partial charge on any atom is -0.857 e. The molecule has 1 aromatic rings. The van der Waals surface area contributed by atoms with Gasteiger partial charge in [-0.25, -0.2) is 19.4 Å². The average Bonchev–Trinajstić information content (AvgIpc) is 3.30. The van der Waals surface area contributed by atoms with Gasteiger partial charge in [0.2, 0.25) is 6.61 Å². The molecule has 0 aliphatic carbocycles. The van der Waals surface area contributed by atoms with E-state index in [4.69, 9.17) is 15.3 Å². The van der Waals surface area contributed by atoms with Crippen molar-refractivity contribution >= 4 is 75.4 Å². The van der Waals surface area contributed by atoms with Crippen LogP contribution < -0.4 is 40.4 Å². The van der Waals surface area contributed by atoms with Gasteiger partial charge in [0.05, 0.1) is 13.7 Å². The number of carboxylic acids is 1. The molecular weight excluding hydrogens is 573 g/mol. The second kappa shape index (κ2) is 14.5. The Hall–Kier alpha value is -2.57. The van der Waals surface area contributed by atoms with Gasteiger partial charge < -0.3 is 30.3 Å². The minimum atomic E-state index is -1.34. The summed E-state index contributed by atoms with van der Waals surface area (Å²) in [6.45, 7) is 1.17. The number of nitrogen functional groups attached to an aromatic ring is 1. The number of aromatic nitrogens is 1. The minimum absolute atomic E-state index is 0. The van der Waals surface area contributed by atoms with E-state index in [0.29, 0.717) is 4.91 Å². The van der Waals surface area contributed by atoms with Crippen molar-refractivity contribution in [2.45, 2.75) is 18.3 Å². The van der Waals surface area contributed by atoms with Gasteiger partial charge in [-0.2, -0.15) is 0 Å². The molecule has 3 heterocycles. The fourth-order valence-corrected chi connectivity index (χ4v) is 5.86. The summed E-state index contributed by atoms with van der Waals surface area (Å²) in [7, 11) is 1.20. The molecule has 1 amide bonds. The van der Waals surface area contributed by atoms with Gasteiger partial charge in [-0.05, 0) is 12.3 Å². The third-order valence-electron chi connectivity index (χ3n) is 4.59. The van der Waals surface area contributed by atoms with Crippen LogP contribution in [-0.4, -0.2) is 87.9 Å². The normalized spacial score (nSPS) is 19.4. The summed E-state index contributed by atoms with van der Waals surface area (Å²) in [5.41, 5.74) is 5.02. The predicted molar refractivity (Wildman–Crippen MR) is 133 cm³/mol. The molecule has 1 fully saturated rings. The summed E-state index contributed by atoms with van der Waals surface area (Å²) < 4.78 is 9.22. The van der Waals surface area contributed by atoms with E-state index < -0.39 is 47.7 Å². The monoisotopic (exact) mass is 593 g/mol. The number of oxime groups is 1. The number of β-lactam (4-membered cyclic amide) rings is 1. The van der Waals surface area contributed by atoms with Crippen LogP contribution in [0.5, 0.6) is 0 Å². The van der Waals surface area contributed by atoms with E-state index in [2.05, 4.69) is 19.9 Å². The second-order valence-corrected chi connectivity index (χ2v) is 9.89. The van der Waals surface area contributed by atoms with E-state index in [1.165, 1.54) is 29.7 Å². The number of ether oxygens (including phenoxy) is 2. The van der Waals surface area contributed by atoms with Gasteiger partial charge in [-0.3, -0.25) is 14.7 Å². The number of aliphatic imine (C=N–C) groups is 1. The van der Waals surface area contributed by atoms with Crippen molar-refractivity contribution < 1.29 is 73.3 Å². The maximum Gasteiger partial charge on any atom is 1.00 e. The smallest absolute Gasteiger partial charge is 0.857 e. The largest absolute Gasteiger partial charge is 1.00 e. The number of nitrogens with zero attached hydrogens (tertiary/aromatic N) is 4. The number of carboxylic acid groups (broad SMARTS) is 1. The molecule has 1 aromatic heterocycles. The standard InChI is InChI=1S/C20H21N5O9S3.Na/c1-3-33-12(27)6-34-24-13(9-7-37-20(21)22-9)16(28)23-14-17(29)25-15(19(30)31)10(8-36-18(14)25)35-5-4-11(26)32-2;/h4-5,7,14,18H,3,6,8H2,1-2H3,(H2,21,22)(H,23,28)(H,30,31);/q;+1/p-1/b5-4-,24-13+;/t14-,18-;/m1./s1. The fourth-order valence-electron chi connectivity index (χ4n) is 3.02. The third-order valence-corrected chi connectivity index (χ3v) is 7.61. The van der Waals surface area contributed by atoms with Crippen molar-refractivity contribution in [3.05, 3.63) is 33.2 Å². The number of carbonyl (C=O) groups is 4. The molecule has 3 N–H and O–H groups in total. The van der Waals surface area contributed by atoms with Crippen LogP contribution in [0.1, 0.15) is 12.6 Å². The van der Waals surface area contributed by atoms with Crippen LogP contribution in [0, 0.1) is 0 Å². The van der Waals surface area contributed by atoms with Gasteiger partial charge >= 0.3 is 47.5 Å². The number of thiazole rings is 1. The van der Waals surface area contributed by atoms with Crippen molar-refractivity contribution in [2.24, 2.45) is 10.1 Å². The molecule has 3 rings (SSSR count). The number of aliphatic carboxylic acids is 1. The van der Waals surface area contributed by atoms with Crippen molar-refractivity contribution in [1.29, 1.82) is 0 Å². The Morgan fingerprint density at radius 3 is 2.76 bits per heavy atom. The maximum absolute atomic E-state index is 13.0.